The van der Waals surface area contributed by atoms with Gasteiger partial charge in [0.25, 0.3) is 0 Å². The zero-order valence-electron chi connectivity index (χ0n) is 10.8. The van der Waals surface area contributed by atoms with Crippen LogP contribution in [-0.2, 0) is 5.41 Å². The molecule has 0 aliphatic rings. The maximum absolute atomic E-state index is 9.14. The van der Waals surface area contributed by atoms with E-state index in [9.17, 15) is 0 Å². The number of hydrogen-bond acceptors (Lipinski definition) is 3. The maximum atomic E-state index is 9.14. The lowest BCUT2D eigenvalue weighted by Crippen LogP contribution is -2.13. The second-order valence-corrected chi connectivity index (χ2v) is 6.14. The quantitative estimate of drug-likeness (QED) is 0.788. The molecule has 0 bridgehead atoms. The third-order valence-corrected chi connectivity index (χ3v) is 3.91. The van der Waals surface area contributed by atoms with E-state index in [4.69, 9.17) is 10.2 Å². The average molecular weight is 236 g/mol. The first-order valence-corrected chi connectivity index (χ1v) is 6.66. The van der Waals surface area contributed by atoms with Gasteiger partial charge in [-0.05, 0) is 12.8 Å². The van der Waals surface area contributed by atoms with Crippen LogP contribution in [0.1, 0.15) is 69.0 Å². The molecule has 0 saturated carbocycles. The highest BCUT2D eigenvalue weighted by Crippen LogP contribution is 2.34. The van der Waals surface area contributed by atoms with Crippen LogP contribution < -0.4 is 0 Å². The number of nitrogens with zero attached hydrogens (tertiary/aromatic N) is 2. The third kappa shape index (κ3) is 2.62. The Hall–Kier alpha value is -0.880. The molecule has 1 aromatic heterocycles. The molecule has 0 radical (unpaired) electrons. The molecule has 1 aromatic rings. The Morgan fingerprint density at radius 2 is 1.88 bits per heavy atom. The van der Waals surface area contributed by atoms with Gasteiger partial charge < -0.3 is 0 Å². The molecule has 1 heterocycles. The monoisotopic (exact) mass is 236 g/mol. The molecule has 0 amide bonds. The zero-order valence-corrected chi connectivity index (χ0v) is 11.6. The summed E-state index contributed by atoms with van der Waals surface area (Å²) in [7, 11) is 0. The standard InChI is InChI=1S/C13H20N2S/c1-6-9(7-2)12-15-11(13(3,4)5)10(8-14)16-12/h9H,6-7H2,1-5H3. The molecule has 0 saturated heterocycles. The van der Waals surface area contributed by atoms with Crippen LogP contribution in [0.15, 0.2) is 0 Å². The molecular weight excluding hydrogens is 216 g/mol. The second kappa shape index (κ2) is 4.97. The molecule has 0 aliphatic carbocycles. The van der Waals surface area contributed by atoms with Gasteiger partial charge in [0.05, 0.1) is 10.7 Å². The van der Waals surface area contributed by atoms with Crippen molar-refractivity contribution in [1.29, 1.82) is 5.26 Å². The highest BCUT2D eigenvalue weighted by Gasteiger charge is 2.25. The van der Waals surface area contributed by atoms with Gasteiger partial charge >= 0.3 is 0 Å². The summed E-state index contributed by atoms with van der Waals surface area (Å²) in [6, 6.07) is 2.28. The van der Waals surface area contributed by atoms with Crippen LogP contribution in [0.2, 0.25) is 0 Å². The Kier molecular flexibility index (Phi) is 4.09. The highest BCUT2D eigenvalue weighted by atomic mass is 32.1. The predicted octanol–water partition coefficient (Wildman–Crippen LogP) is 4.22. The molecule has 0 unspecified atom stereocenters. The summed E-state index contributed by atoms with van der Waals surface area (Å²) in [5.41, 5.74) is 0.924. The van der Waals surface area contributed by atoms with Gasteiger partial charge in [0.15, 0.2) is 0 Å². The molecule has 88 valence electrons. The Morgan fingerprint density at radius 1 is 1.31 bits per heavy atom. The van der Waals surface area contributed by atoms with Crippen molar-refractivity contribution in [2.45, 2.75) is 58.8 Å². The fourth-order valence-corrected chi connectivity index (χ4v) is 3.07. The van der Waals surface area contributed by atoms with Crippen molar-refractivity contribution in [1.82, 2.24) is 4.98 Å². The summed E-state index contributed by atoms with van der Waals surface area (Å²) < 4.78 is 0. The van der Waals surface area contributed by atoms with E-state index in [1.165, 1.54) is 0 Å². The van der Waals surface area contributed by atoms with Crippen LogP contribution >= 0.6 is 11.3 Å². The highest BCUT2D eigenvalue weighted by molar-refractivity contribution is 7.12. The Labute approximate surface area is 102 Å². The number of hydrogen-bond donors (Lipinski definition) is 0. The van der Waals surface area contributed by atoms with E-state index >= 15 is 0 Å². The lowest BCUT2D eigenvalue weighted by molar-refractivity contribution is 0.561. The van der Waals surface area contributed by atoms with E-state index in [-0.39, 0.29) is 5.41 Å². The number of nitriles is 1. The first kappa shape index (κ1) is 13.2. The largest absolute Gasteiger partial charge is 0.244 e. The van der Waals surface area contributed by atoms with E-state index in [1.807, 2.05) is 0 Å². The van der Waals surface area contributed by atoms with E-state index in [1.54, 1.807) is 11.3 Å². The summed E-state index contributed by atoms with van der Waals surface area (Å²) in [6.07, 6.45) is 2.19. The van der Waals surface area contributed by atoms with Gasteiger partial charge in [-0.15, -0.1) is 11.3 Å². The normalized spacial score (nSPS) is 11.8. The number of thiazole rings is 1. The minimum atomic E-state index is -0.0359. The van der Waals surface area contributed by atoms with Crippen molar-refractivity contribution in [2.75, 3.05) is 0 Å². The minimum absolute atomic E-state index is 0.0359. The molecule has 0 aliphatic heterocycles. The molecule has 0 fully saturated rings. The van der Waals surface area contributed by atoms with Crippen LogP contribution in [-0.4, -0.2) is 4.98 Å². The van der Waals surface area contributed by atoms with Crippen molar-refractivity contribution in [2.24, 2.45) is 0 Å². The summed E-state index contributed by atoms with van der Waals surface area (Å²) in [5, 5.41) is 10.3. The average Bonchev–Trinajstić information content (AvgIpc) is 2.63. The Bertz CT molecular complexity index is 389. The molecule has 0 aromatic carbocycles. The van der Waals surface area contributed by atoms with Gasteiger partial charge in [-0.25, -0.2) is 4.98 Å². The summed E-state index contributed by atoms with van der Waals surface area (Å²) >= 11 is 1.57. The molecule has 0 spiro atoms. The SMILES string of the molecule is CCC(CC)c1nc(C(C)(C)C)c(C#N)s1. The van der Waals surface area contributed by atoms with Gasteiger partial charge in [0, 0.05) is 11.3 Å². The summed E-state index contributed by atoms with van der Waals surface area (Å²) in [5.74, 6) is 0.508. The number of aromatic nitrogens is 1. The zero-order chi connectivity index (χ0) is 12.3. The molecule has 3 heteroatoms. The molecule has 0 atom stereocenters. The van der Waals surface area contributed by atoms with Crippen LogP contribution in [0.4, 0.5) is 0 Å². The lowest BCUT2D eigenvalue weighted by atomic mass is 9.91. The molecular formula is C13H20N2S. The van der Waals surface area contributed by atoms with Gasteiger partial charge in [-0.1, -0.05) is 34.6 Å². The van der Waals surface area contributed by atoms with E-state index in [0.29, 0.717) is 5.92 Å². The third-order valence-electron chi connectivity index (χ3n) is 2.79. The fourth-order valence-electron chi connectivity index (χ4n) is 1.73. The van der Waals surface area contributed by atoms with Crippen molar-refractivity contribution in [3.05, 3.63) is 15.6 Å². The Morgan fingerprint density at radius 3 is 2.19 bits per heavy atom. The summed E-state index contributed by atoms with van der Waals surface area (Å²) in [6.45, 7) is 10.7. The van der Waals surface area contributed by atoms with Crippen LogP contribution in [0.25, 0.3) is 0 Å². The van der Waals surface area contributed by atoms with Gasteiger partial charge in [-0.3, -0.25) is 0 Å². The van der Waals surface area contributed by atoms with E-state index < -0.39 is 0 Å². The van der Waals surface area contributed by atoms with Crippen molar-refractivity contribution >= 4 is 11.3 Å². The van der Waals surface area contributed by atoms with Crippen molar-refractivity contribution in [3.63, 3.8) is 0 Å². The Balaban J connectivity index is 3.19. The first-order chi connectivity index (χ1) is 7.43. The van der Waals surface area contributed by atoms with Crippen LogP contribution in [0.3, 0.4) is 0 Å². The first-order valence-electron chi connectivity index (χ1n) is 5.85. The topological polar surface area (TPSA) is 36.7 Å². The molecule has 2 nitrogen and oxygen atoms in total. The molecule has 1 rings (SSSR count). The second-order valence-electron chi connectivity index (χ2n) is 5.11. The summed E-state index contributed by atoms with van der Waals surface area (Å²) in [4.78, 5) is 5.48. The number of rotatable bonds is 3. The van der Waals surface area contributed by atoms with E-state index in [2.05, 4.69) is 40.7 Å². The van der Waals surface area contributed by atoms with E-state index in [0.717, 1.165) is 28.4 Å². The maximum Gasteiger partial charge on any atom is 0.128 e. The minimum Gasteiger partial charge on any atom is -0.244 e. The van der Waals surface area contributed by atoms with Crippen molar-refractivity contribution < 1.29 is 0 Å². The predicted molar refractivity (Wildman–Crippen MR) is 68.9 cm³/mol. The van der Waals surface area contributed by atoms with Crippen LogP contribution in [0, 0.1) is 11.3 Å². The van der Waals surface area contributed by atoms with Crippen LogP contribution in [0.5, 0.6) is 0 Å². The van der Waals surface area contributed by atoms with Gasteiger partial charge in [0.2, 0.25) is 0 Å². The van der Waals surface area contributed by atoms with Gasteiger partial charge in [-0.2, -0.15) is 5.26 Å². The fraction of sp³-hybridized carbons (Fsp3) is 0.692. The smallest absolute Gasteiger partial charge is 0.128 e. The molecule has 0 N–H and O–H groups in total. The van der Waals surface area contributed by atoms with Crippen molar-refractivity contribution in [3.8, 4) is 6.07 Å². The van der Waals surface area contributed by atoms with Gasteiger partial charge in [0.1, 0.15) is 10.9 Å². The lowest BCUT2D eigenvalue weighted by Gasteiger charge is -2.15. The molecule has 16 heavy (non-hydrogen) atoms.